The van der Waals surface area contributed by atoms with E-state index in [-0.39, 0.29) is 5.91 Å². The number of amides is 1. The van der Waals surface area contributed by atoms with Crippen molar-refractivity contribution in [2.75, 3.05) is 32.1 Å². The molecule has 6 heteroatoms. The van der Waals surface area contributed by atoms with Crippen LogP contribution < -0.4 is 4.90 Å². The third-order valence-electron chi connectivity index (χ3n) is 4.14. The van der Waals surface area contributed by atoms with E-state index in [0.717, 1.165) is 42.5 Å². The molecule has 0 aliphatic carbocycles. The number of piperidine rings is 1. The molecule has 23 heavy (non-hydrogen) atoms. The smallest absolute Gasteiger partial charge is 0.257 e. The number of likely N-dealkylation sites (tertiary alicyclic amines) is 1. The molecule has 0 spiro atoms. The largest absolute Gasteiger partial charge is 0.362 e. The van der Waals surface area contributed by atoms with E-state index in [0.29, 0.717) is 11.5 Å². The minimum Gasteiger partial charge on any atom is -0.362 e. The van der Waals surface area contributed by atoms with E-state index in [4.69, 9.17) is 0 Å². The Hall–Kier alpha value is -1.95. The van der Waals surface area contributed by atoms with Gasteiger partial charge in [-0.25, -0.2) is 9.97 Å². The number of nitrogens with zero attached hydrogens (tertiary/aromatic N) is 4. The van der Waals surface area contributed by atoms with Crippen LogP contribution in [-0.4, -0.2) is 48.0 Å². The standard InChI is InChI=1S/C17H22N4OS/c1-12-11-23-16(19-12)13-6-5-9-21(10-13)17(22)14-7-4-8-18-15(14)20(2)3/h4,7-8,11,13H,5-6,9-10H2,1-3H3/t13-/m0/s1. The van der Waals surface area contributed by atoms with Crippen LogP contribution in [0.1, 0.15) is 39.8 Å². The van der Waals surface area contributed by atoms with Gasteiger partial charge in [0.05, 0.1) is 10.6 Å². The predicted molar refractivity (Wildman–Crippen MR) is 93.3 cm³/mol. The van der Waals surface area contributed by atoms with Crippen LogP contribution in [0, 0.1) is 6.92 Å². The number of hydrogen-bond donors (Lipinski definition) is 0. The fourth-order valence-electron chi connectivity index (χ4n) is 3.01. The van der Waals surface area contributed by atoms with Crippen molar-refractivity contribution >= 4 is 23.1 Å². The molecule has 0 radical (unpaired) electrons. The molecular weight excluding hydrogens is 308 g/mol. The summed E-state index contributed by atoms with van der Waals surface area (Å²) < 4.78 is 0. The predicted octanol–water partition coefficient (Wildman–Crippen LogP) is 2.93. The van der Waals surface area contributed by atoms with Crippen LogP contribution in [0.3, 0.4) is 0 Å². The molecule has 3 heterocycles. The molecule has 0 aromatic carbocycles. The van der Waals surface area contributed by atoms with Gasteiger partial charge in [0, 0.05) is 50.4 Å². The average Bonchev–Trinajstić information content (AvgIpc) is 3.01. The molecule has 1 atom stereocenters. The number of rotatable bonds is 3. The number of pyridine rings is 1. The van der Waals surface area contributed by atoms with Crippen molar-refractivity contribution in [1.29, 1.82) is 0 Å². The van der Waals surface area contributed by atoms with Gasteiger partial charge in [-0.15, -0.1) is 11.3 Å². The first kappa shape index (κ1) is 15.9. The summed E-state index contributed by atoms with van der Waals surface area (Å²) >= 11 is 1.70. The highest BCUT2D eigenvalue weighted by atomic mass is 32.1. The summed E-state index contributed by atoms with van der Waals surface area (Å²) in [6, 6.07) is 3.69. The maximum absolute atomic E-state index is 12.9. The summed E-state index contributed by atoms with van der Waals surface area (Å²) in [7, 11) is 3.83. The molecule has 0 unspecified atom stereocenters. The summed E-state index contributed by atoms with van der Waals surface area (Å²) in [6.07, 6.45) is 3.85. The van der Waals surface area contributed by atoms with Gasteiger partial charge < -0.3 is 9.80 Å². The lowest BCUT2D eigenvalue weighted by Crippen LogP contribution is -2.39. The minimum atomic E-state index is 0.0692. The first-order valence-corrected chi connectivity index (χ1v) is 8.78. The third kappa shape index (κ3) is 3.37. The van der Waals surface area contributed by atoms with Crippen LogP contribution in [0.15, 0.2) is 23.7 Å². The fraction of sp³-hybridized carbons (Fsp3) is 0.471. The zero-order valence-corrected chi connectivity index (χ0v) is 14.6. The van der Waals surface area contributed by atoms with E-state index in [1.54, 1.807) is 17.5 Å². The number of thiazole rings is 1. The first-order chi connectivity index (χ1) is 11.1. The van der Waals surface area contributed by atoms with E-state index >= 15 is 0 Å². The molecule has 1 fully saturated rings. The monoisotopic (exact) mass is 330 g/mol. The molecule has 1 amide bonds. The van der Waals surface area contributed by atoms with Gasteiger partial charge in [0.25, 0.3) is 5.91 Å². The molecule has 2 aromatic rings. The summed E-state index contributed by atoms with van der Waals surface area (Å²) in [5, 5.41) is 3.24. The van der Waals surface area contributed by atoms with Gasteiger partial charge in [0.1, 0.15) is 5.82 Å². The minimum absolute atomic E-state index is 0.0692. The maximum atomic E-state index is 12.9. The van der Waals surface area contributed by atoms with E-state index in [9.17, 15) is 4.79 Å². The molecule has 3 rings (SSSR count). The molecule has 122 valence electrons. The zero-order chi connectivity index (χ0) is 16.4. The Morgan fingerprint density at radius 3 is 2.96 bits per heavy atom. The molecule has 0 bridgehead atoms. The Kier molecular flexibility index (Phi) is 4.61. The maximum Gasteiger partial charge on any atom is 0.257 e. The number of carbonyl (C=O) groups excluding carboxylic acids is 1. The number of hydrogen-bond acceptors (Lipinski definition) is 5. The summed E-state index contributed by atoms with van der Waals surface area (Å²) in [4.78, 5) is 25.7. The number of aromatic nitrogens is 2. The molecule has 1 aliphatic rings. The lowest BCUT2D eigenvalue weighted by Gasteiger charge is -2.32. The number of aryl methyl sites for hydroxylation is 1. The van der Waals surface area contributed by atoms with Gasteiger partial charge in [-0.05, 0) is 31.9 Å². The van der Waals surface area contributed by atoms with Crippen molar-refractivity contribution in [3.8, 4) is 0 Å². The highest BCUT2D eigenvalue weighted by Gasteiger charge is 2.28. The van der Waals surface area contributed by atoms with Gasteiger partial charge in [-0.3, -0.25) is 4.79 Å². The van der Waals surface area contributed by atoms with Crippen LogP contribution in [0.4, 0.5) is 5.82 Å². The van der Waals surface area contributed by atoms with Crippen LogP contribution in [0.2, 0.25) is 0 Å². The molecule has 1 saturated heterocycles. The summed E-state index contributed by atoms with van der Waals surface area (Å²) in [6.45, 7) is 3.57. The lowest BCUT2D eigenvalue weighted by atomic mass is 9.98. The second kappa shape index (κ2) is 6.66. The second-order valence-electron chi connectivity index (χ2n) is 6.19. The molecule has 0 N–H and O–H groups in total. The van der Waals surface area contributed by atoms with E-state index in [1.165, 1.54) is 0 Å². The van der Waals surface area contributed by atoms with Crippen molar-refractivity contribution in [2.45, 2.75) is 25.7 Å². The molecular formula is C17H22N4OS. The zero-order valence-electron chi connectivity index (χ0n) is 13.8. The van der Waals surface area contributed by atoms with Gasteiger partial charge in [0.15, 0.2) is 0 Å². The van der Waals surface area contributed by atoms with Gasteiger partial charge >= 0.3 is 0 Å². The van der Waals surface area contributed by atoms with E-state index in [1.807, 2.05) is 43.0 Å². The summed E-state index contributed by atoms with van der Waals surface area (Å²) in [5.74, 6) is 1.15. The van der Waals surface area contributed by atoms with Crippen molar-refractivity contribution in [1.82, 2.24) is 14.9 Å². The van der Waals surface area contributed by atoms with Crippen LogP contribution >= 0.6 is 11.3 Å². The molecule has 1 aliphatic heterocycles. The molecule has 2 aromatic heterocycles. The quantitative estimate of drug-likeness (QED) is 0.868. The number of carbonyl (C=O) groups is 1. The Morgan fingerprint density at radius 2 is 2.26 bits per heavy atom. The topological polar surface area (TPSA) is 49.3 Å². The Labute approximate surface area is 141 Å². The van der Waals surface area contributed by atoms with Crippen LogP contribution in [0.25, 0.3) is 0 Å². The van der Waals surface area contributed by atoms with Crippen LogP contribution in [0.5, 0.6) is 0 Å². The summed E-state index contributed by atoms with van der Waals surface area (Å²) in [5.41, 5.74) is 1.74. The van der Waals surface area contributed by atoms with Gasteiger partial charge in [-0.1, -0.05) is 0 Å². The molecule has 5 nitrogen and oxygen atoms in total. The highest BCUT2D eigenvalue weighted by molar-refractivity contribution is 7.09. The Bertz CT molecular complexity index is 697. The second-order valence-corrected chi connectivity index (χ2v) is 7.08. The van der Waals surface area contributed by atoms with Crippen LogP contribution in [-0.2, 0) is 0 Å². The van der Waals surface area contributed by atoms with E-state index in [2.05, 4.69) is 15.3 Å². The van der Waals surface area contributed by atoms with Crippen molar-refractivity contribution in [3.05, 3.63) is 40.0 Å². The average molecular weight is 330 g/mol. The SMILES string of the molecule is Cc1csc([C@H]2CCCN(C(=O)c3cccnc3N(C)C)C2)n1. The van der Waals surface area contributed by atoms with E-state index < -0.39 is 0 Å². The fourth-order valence-corrected chi connectivity index (χ4v) is 3.94. The highest BCUT2D eigenvalue weighted by Crippen LogP contribution is 2.30. The first-order valence-electron chi connectivity index (χ1n) is 7.90. The van der Waals surface area contributed by atoms with Crippen molar-refractivity contribution in [3.63, 3.8) is 0 Å². The van der Waals surface area contributed by atoms with Gasteiger partial charge in [0.2, 0.25) is 0 Å². The van der Waals surface area contributed by atoms with Crippen molar-refractivity contribution in [2.24, 2.45) is 0 Å². The normalized spacial score (nSPS) is 18.0. The third-order valence-corrected chi connectivity index (χ3v) is 5.26. The Morgan fingerprint density at radius 1 is 1.43 bits per heavy atom. The number of anilines is 1. The van der Waals surface area contributed by atoms with Gasteiger partial charge in [-0.2, -0.15) is 0 Å². The van der Waals surface area contributed by atoms with Crippen molar-refractivity contribution < 1.29 is 4.79 Å². The Balaban J connectivity index is 1.80. The lowest BCUT2D eigenvalue weighted by molar-refractivity contribution is 0.0707. The molecule has 0 saturated carbocycles.